The molecular weight excluding hydrogens is 440 g/mol. The highest BCUT2D eigenvalue weighted by atomic mass is 16.5. The van der Waals surface area contributed by atoms with Crippen LogP contribution in [0.25, 0.3) is 6.08 Å². The Morgan fingerprint density at radius 1 is 0.914 bits per heavy atom. The van der Waals surface area contributed by atoms with Crippen molar-refractivity contribution in [1.82, 2.24) is 0 Å². The number of aryl methyl sites for hydroxylation is 1. The summed E-state index contributed by atoms with van der Waals surface area (Å²) in [5.74, 6) is 0.000630. The summed E-state index contributed by atoms with van der Waals surface area (Å²) < 4.78 is 11.6. The number of aliphatic carboxylic acids is 1. The van der Waals surface area contributed by atoms with Gasteiger partial charge in [-0.2, -0.15) is 0 Å². The maximum absolute atomic E-state index is 12.7. The van der Waals surface area contributed by atoms with E-state index < -0.39 is 5.97 Å². The minimum Gasteiger partial charge on any atom is -0.494 e. The molecule has 0 amide bonds. The maximum Gasteiger partial charge on any atom is 0.328 e. The van der Waals surface area contributed by atoms with E-state index in [1.54, 1.807) is 24.3 Å². The summed E-state index contributed by atoms with van der Waals surface area (Å²) >= 11 is 0. The lowest BCUT2D eigenvalue weighted by atomic mass is 9.84. The predicted molar refractivity (Wildman–Crippen MR) is 139 cm³/mol. The molecule has 0 radical (unpaired) electrons. The second-order valence-electron chi connectivity index (χ2n) is 9.36. The predicted octanol–water partition coefficient (Wildman–Crippen LogP) is 7.01. The van der Waals surface area contributed by atoms with E-state index in [9.17, 15) is 9.59 Å². The number of carboxylic acid groups (broad SMARTS) is 1. The molecule has 1 N–H and O–H groups in total. The number of hydrogen-bond acceptors (Lipinski definition) is 4. The van der Waals surface area contributed by atoms with Crippen LogP contribution in [0.5, 0.6) is 11.5 Å². The van der Waals surface area contributed by atoms with Crippen LogP contribution in [0.4, 0.5) is 0 Å². The Labute approximate surface area is 209 Å². The molecule has 35 heavy (non-hydrogen) atoms. The second kappa shape index (κ2) is 14.3. The van der Waals surface area contributed by atoms with Crippen LogP contribution in [0.3, 0.4) is 0 Å². The Bertz CT molecular complexity index is 977. The third-order valence-corrected chi connectivity index (χ3v) is 6.52. The van der Waals surface area contributed by atoms with Gasteiger partial charge in [0.15, 0.2) is 0 Å². The number of benzene rings is 2. The minimum atomic E-state index is -1.000. The molecule has 0 spiro atoms. The van der Waals surface area contributed by atoms with Gasteiger partial charge in [0.25, 0.3) is 0 Å². The molecule has 5 nitrogen and oxygen atoms in total. The first-order chi connectivity index (χ1) is 17.0. The van der Waals surface area contributed by atoms with Crippen LogP contribution in [-0.2, 0) is 22.4 Å². The fourth-order valence-corrected chi connectivity index (χ4v) is 4.46. The van der Waals surface area contributed by atoms with Gasteiger partial charge in [-0.25, -0.2) is 4.79 Å². The summed E-state index contributed by atoms with van der Waals surface area (Å²) in [6.07, 6.45) is 15.2. The number of esters is 1. The van der Waals surface area contributed by atoms with Gasteiger partial charge in [0, 0.05) is 6.08 Å². The normalized spacial score (nSPS) is 15.1. The van der Waals surface area contributed by atoms with Gasteiger partial charge in [0.05, 0.1) is 12.5 Å². The number of carboxylic acids is 1. The van der Waals surface area contributed by atoms with E-state index >= 15 is 0 Å². The quantitative estimate of drug-likeness (QED) is 0.137. The minimum absolute atomic E-state index is 0.168. The van der Waals surface area contributed by atoms with Crippen LogP contribution in [0.2, 0.25) is 0 Å². The highest BCUT2D eigenvalue weighted by molar-refractivity contribution is 5.85. The first kappa shape index (κ1) is 26.5. The molecule has 0 heterocycles. The van der Waals surface area contributed by atoms with E-state index in [-0.39, 0.29) is 11.9 Å². The molecule has 188 valence electrons. The monoisotopic (exact) mass is 478 g/mol. The molecule has 5 heteroatoms. The zero-order valence-electron chi connectivity index (χ0n) is 20.8. The van der Waals surface area contributed by atoms with Crippen LogP contribution in [0, 0.1) is 5.92 Å². The van der Waals surface area contributed by atoms with Gasteiger partial charge in [-0.05, 0) is 72.7 Å². The molecule has 1 aliphatic carbocycles. The average molecular weight is 479 g/mol. The van der Waals surface area contributed by atoms with Gasteiger partial charge in [-0.3, -0.25) is 4.79 Å². The molecule has 2 aromatic rings. The summed E-state index contributed by atoms with van der Waals surface area (Å²) in [7, 11) is 0. The number of hydrogen-bond donors (Lipinski definition) is 1. The fraction of sp³-hybridized carbons (Fsp3) is 0.467. The molecule has 0 fully saturated rings. The largest absolute Gasteiger partial charge is 0.494 e. The van der Waals surface area contributed by atoms with Crippen LogP contribution >= 0.6 is 0 Å². The highest BCUT2D eigenvalue weighted by Gasteiger charge is 2.26. The molecule has 0 saturated carbocycles. The first-order valence-electron chi connectivity index (χ1n) is 13.0. The van der Waals surface area contributed by atoms with Crippen molar-refractivity contribution in [3.05, 3.63) is 65.2 Å². The highest BCUT2D eigenvalue weighted by Crippen LogP contribution is 2.30. The zero-order valence-corrected chi connectivity index (χ0v) is 20.8. The summed E-state index contributed by atoms with van der Waals surface area (Å²) in [5.41, 5.74) is 3.18. The number of ether oxygens (including phenoxy) is 2. The number of carbonyl (C=O) groups is 2. The number of carbonyl (C=O) groups excluding carboxylic acids is 1. The molecule has 3 rings (SSSR count). The topological polar surface area (TPSA) is 72.8 Å². The van der Waals surface area contributed by atoms with E-state index in [0.717, 1.165) is 43.3 Å². The summed E-state index contributed by atoms with van der Waals surface area (Å²) in [6.45, 7) is 3.01. The van der Waals surface area contributed by atoms with Crippen molar-refractivity contribution in [3.8, 4) is 11.5 Å². The summed E-state index contributed by atoms with van der Waals surface area (Å²) in [6, 6.07) is 13.1. The van der Waals surface area contributed by atoms with Crippen molar-refractivity contribution >= 4 is 18.0 Å². The van der Waals surface area contributed by atoms with Crippen LogP contribution in [-0.4, -0.2) is 23.7 Å². The van der Waals surface area contributed by atoms with Gasteiger partial charge in [-0.1, -0.05) is 70.1 Å². The van der Waals surface area contributed by atoms with Crippen molar-refractivity contribution in [2.75, 3.05) is 6.61 Å². The van der Waals surface area contributed by atoms with Crippen molar-refractivity contribution in [2.45, 2.75) is 77.6 Å². The van der Waals surface area contributed by atoms with Gasteiger partial charge in [0.1, 0.15) is 11.5 Å². The maximum atomic E-state index is 12.7. The Morgan fingerprint density at radius 2 is 1.60 bits per heavy atom. The fourth-order valence-electron chi connectivity index (χ4n) is 4.46. The number of rotatable bonds is 14. The average Bonchev–Trinajstić information content (AvgIpc) is 2.87. The smallest absolute Gasteiger partial charge is 0.328 e. The van der Waals surface area contributed by atoms with Crippen LogP contribution in [0.1, 0.15) is 81.4 Å². The summed E-state index contributed by atoms with van der Waals surface area (Å²) in [4.78, 5) is 23.3. The van der Waals surface area contributed by atoms with Crippen LogP contribution < -0.4 is 9.47 Å². The first-order valence-corrected chi connectivity index (χ1v) is 13.0. The van der Waals surface area contributed by atoms with Crippen molar-refractivity contribution in [2.24, 2.45) is 5.92 Å². The van der Waals surface area contributed by atoms with Gasteiger partial charge >= 0.3 is 11.9 Å². The Morgan fingerprint density at radius 3 is 2.31 bits per heavy atom. The third-order valence-electron chi connectivity index (χ3n) is 6.52. The summed E-state index contributed by atoms with van der Waals surface area (Å²) in [5, 5.41) is 8.71. The Balaban J connectivity index is 1.40. The molecule has 0 aromatic heterocycles. The Kier molecular flexibility index (Phi) is 10.9. The van der Waals surface area contributed by atoms with E-state index in [4.69, 9.17) is 14.6 Å². The van der Waals surface area contributed by atoms with Crippen molar-refractivity contribution in [3.63, 3.8) is 0 Å². The SMILES string of the molecule is CCCCCCCCCCOc1ccc2c(c1)CCC(C(=O)Oc1ccc(/C=C/C(=O)O)cc1)C2. The standard InChI is InChI=1S/C30H38O5/c1-2-3-4-5-6-7-8-9-20-34-28-18-15-24-21-26(14-13-25(24)22-28)30(33)35-27-16-10-23(11-17-27)12-19-29(31)32/h10-12,15-19,22,26H,2-9,13-14,20-21H2,1H3,(H,31,32)/b19-12+. The molecule has 0 saturated heterocycles. The molecular formula is C30H38O5. The molecule has 2 aromatic carbocycles. The van der Waals surface area contributed by atoms with Gasteiger partial charge < -0.3 is 14.6 Å². The Hall–Kier alpha value is -3.08. The zero-order chi connectivity index (χ0) is 24.9. The molecule has 0 aliphatic heterocycles. The van der Waals surface area contributed by atoms with Gasteiger partial charge in [-0.15, -0.1) is 0 Å². The lowest BCUT2D eigenvalue weighted by Gasteiger charge is -2.23. The molecule has 1 atom stereocenters. The third kappa shape index (κ3) is 9.23. The van der Waals surface area contributed by atoms with Gasteiger partial charge in [0.2, 0.25) is 0 Å². The van der Waals surface area contributed by atoms with E-state index in [0.29, 0.717) is 12.2 Å². The number of unbranched alkanes of at least 4 members (excludes halogenated alkanes) is 7. The van der Waals surface area contributed by atoms with Crippen molar-refractivity contribution < 1.29 is 24.2 Å². The molecule has 0 bridgehead atoms. The second-order valence-corrected chi connectivity index (χ2v) is 9.36. The lowest BCUT2D eigenvalue weighted by Crippen LogP contribution is -2.26. The molecule has 1 aliphatic rings. The van der Waals surface area contributed by atoms with Crippen LogP contribution in [0.15, 0.2) is 48.5 Å². The lowest BCUT2D eigenvalue weighted by molar-refractivity contribution is -0.139. The van der Waals surface area contributed by atoms with Crippen molar-refractivity contribution in [1.29, 1.82) is 0 Å². The molecule has 1 unspecified atom stereocenters. The van der Waals surface area contributed by atoms with E-state index in [1.807, 2.05) is 6.07 Å². The van der Waals surface area contributed by atoms with E-state index in [2.05, 4.69) is 19.1 Å². The van der Waals surface area contributed by atoms with E-state index in [1.165, 1.54) is 62.1 Å². The number of fused-ring (bicyclic) bond motifs is 1.